The van der Waals surface area contributed by atoms with Crippen molar-refractivity contribution in [2.24, 2.45) is 0 Å². The molecule has 0 aliphatic heterocycles. The maximum atomic E-state index is 13.4. The molecule has 0 saturated heterocycles. The van der Waals surface area contributed by atoms with Crippen LogP contribution in [0.25, 0.3) is 0 Å². The molecule has 2 aromatic carbocycles. The van der Waals surface area contributed by atoms with Crippen LogP contribution in [0.4, 0.5) is 13.2 Å². The topological polar surface area (TPSA) is 41.5 Å². The van der Waals surface area contributed by atoms with Gasteiger partial charge in [0.25, 0.3) is 0 Å². The van der Waals surface area contributed by atoms with E-state index in [0.29, 0.717) is 12.1 Å². The number of ether oxygens (including phenoxy) is 1. The zero-order valence-electron chi connectivity index (χ0n) is 13.5. The fourth-order valence-corrected chi connectivity index (χ4v) is 2.45. The lowest BCUT2D eigenvalue weighted by molar-refractivity contribution is -0.0506. The molecule has 130 valence electrons. The van der Waals surface area contributed by atoms with Gasteiger partial charge in [0.2, 0.25) is 0 Å². The van der Waals surface area contributed by atoms with Crippen molar-refractivity contribution < 1.29 is 23.0 Å². The largest absolute Gasteiger partial charge is 0.434 e. The number of benzene rings is 2. The van der Waals surface area contributed by atoms with E-state index in [-0.39, 0.29) is 24.0 Å². The van der Waals surface area contributed by atoms with Crippen molar-refractivity contribution in [2.75, 3.05) is 0 Å². The first-order valence-electron chi connectivity index (χ1n) is 7.57. The van der Waals surface area contributed by atoms with Crippen molar-refractivity contribution >= 4 is 0 Å². The van der Waals surface area contributed by atoms with Gasteiger partial charge in [-0.25, -0.2) is 4.39 Å². The fourth-order valence-electron chi connectivity index (χ4n) is 2.45. The first-order chi connectivity index (χ1) is 11.4. The number of aryl methyl sites for hydroxylation is 1. The predicted molar refractivity (Wildman–Crippen MR) is 85.4 cm³/mol. The first kappa shape index (κ1) is 18.3. The Morgan fingerprint density at radius 3 is 2.58 bits per heavy atom. The SMILES string of the molecule is Cc1ccc(OC(F)F)c(C(C)NCc2ccc(F)c(CO)c2)c1. The van der Waals surface area contributed by atoms with Gasteiger partial charge in [0.05, 0.1) is 6.61 Å². The summed E-state index contributed by atoms with van der Waals surface area (Å²) in [6.07, 6.45) is 0. The number of hydrogen-bond acceptors (Lipinski definition) is 3. The molecule has 1 unspecified atom stereocenters. The molecule has 0 aromatic heterocycles. The van der Waals surface area contributed by atoms with E-state index in [1.807, 2.05) is 13.8 Å². The summed E-state index contributed by atoms with van der Waals surface area (Å²) in [5, 5.41) is 12.3. The van der Waals surface area contributed by atoms with Crippen LogP contribution in [-0.2, 0) is 13.2 Å². The van der Waals surface area contributed by atoms with Crippen LogP contribution in [0.3, 0.4) is 0 Å². The number of rotatable bonds is 7. The second kappa shape index (κ2) is 8.17. The third kappa shape index (κ3) is 4.72. The summed E-state index contributed by atoms with van der Waals surface area (Å²) in [7, 11) is 0. The number of nitrogens with one attached hydrogen (secondary N) is 1. The molecule has 0 bridgehead atoms. The van der Waals surface area contributed by atoms with E-state index in [1.54, 1.807) is 24.3 Å². The highest BCUT2D eigenvalue weighted by atomic mass is 19.3. The lowest BCUT2D eigenvalue weighted by atomic mass is 10.0. The minimum Gasteiger partial charge on any atom is -0.434 e. The standard InChI is InChI=1S/C18H20F3NO2/c1-11-3-6-17(24-18(20)21)15(7-11)12(2)22-9-13-4-5-16(19)14(8-13)10-23/h3-8,12,18,22-23H,9-10H2,1-2H3. The maximum Gasteiger partial charge on any atom is 0.387 e. The molecular weight excluding hydrogens is 319 g/mol. The van der Waals surface area contributed by atoms with Crippen molar-refractivity contribution in [3.05, 3.63) is 64.5 Å². The van der Waals surface area contributed by atoms with Gasteiger partial charge in [-0.15, -0.1) is 0 Å². The molecule has 0 radical (unpaired) electrons. The third-order valence-corrected chi connectivity index (χ3v) is 3.74. The summed E-state index contributed by atoms with van der Waals surface area (Å²) in [5.41, 5.74) is 2.57. The maximum absolute atomic E-state index is 13.4. The molecule has 1 atom stereocenters. The molecule has 0 spiro atoms. The van der Waals surface area contributed by atoms with Gasteiger partial charge in [0, 0.05) is 23.7 Å². The minimum absolute atomic E-state index is 0.130. The zero-order valence-corrected chi connectivity index (χ0v) is 13.5. The molecule has 2 aromatic rings. The number of aliphatic hydroxyl groups excluding tert-OH is 1. The highest BCUT2D eigenvalue weighted by Crippen LogP contribution is 2.28. The number of hydrogen-bond donors (Lipinski definition) is 2. The van der Waals surface area contributed by atoms with E-state index in [1.165, 1.54) is 12.1 Å². The van der Waals surface area contributed by atoms with Crippen LogP contribution < -0.4 is 10.1 Å². The molecule has 2 rings (SSSR count). The van der Waals surface area contributed by atoms with E-state index in [2.05, 4.69) is 10.1 Å². The van der Waals surface area contributed by atoms with Crippen molar-refractivity contribution in [2.45, 2.75) is 39.7 Å². The molecule has 0 aliphatic rings. The van der Waals surface area contributed by atoms with Gasteiger partial charge >= 0.3 is 6.61 Å². The summed E-state index contributed by atoms with van der Waals surface area (Å²) in [5.74, 6) is -0.327. The smallest absolute Gasteiger partial charge is 0.387 e. The summed E-state index contributed by atoms with van der Waals surface area (Å²) < 4.78 is 43.0. The predicted octanol–water partition coefficient (Wildman–Crippen LogP) is 4.08. The zero-order chi connectivity index (χ0) is 17.7. The molecule has 3 nitrogen and oxygen atoms in total. The molecule has 0 fully saturated rings. The average molecular weight is 339 g/mol. The van der Waals surface area contributed by atoms with Crippen molar-refractivity contribution in [1.82, 2.24) is 5.32 Å². The molecule has 24 heavy (non-hydrogen) atoms. The van der Waals surface area contributed by atoms with E-state index in [4.69, 9.17) is 5.11 Å². The van der Waals surface area contributed by atoms with Crippen LogP contribution in [0.5, 0.6) is 5.75 Å². The normalized spacial score (nSPS) is 12.5. The Kier molecular flexibility index (Phi) is 6.23. The number of halogens is 3. The van der Waals surface area contributed by atoms with Gasteiger partial charge in [-0.1, -0.05) is 23.8 Å². The Morgan fingerprint density at radius 1 is 1.17 bits per heavy atom. The van der Waals surface area contributed by atoms with Crippen LogP contribution >= 0.6 is 0 Å². The Balaban J connectivity index is 2.12. The van der Waals surface area contributed by atoms with E-state index in [9.17, 15) is 13.2 Å². The van der Waals surface area contributed by atoms with Crippen LogP contribution in [0.2, 0.25) is 0 Å². The van der Waals surface area contributed by atoms with Gasteiger partial charge in [-0.05, 0) is 37.6 Å². The molecule has 0 aliphatic carbocycles. The van der Waals surface area contributed by atoms with Gasteiger partial charge in [0.15, 0.2) is 0 Å². The Hall–Kier alpha value is -2.05. The van der Waals surface area contributed by atoms with Gasteiger partial charge < -0.3 is 15.2 Å². The van der Waals surface area contributed by atoms with Crippen LogP contribution in [0.1, 0.15) is 35.2 Å². The van der Waals surface area contributed by atoms with Crippen molar-refractivity contribution in [1.29, 1.82) is 0 Å². The van der Waals surface area contributed by atoms with Crippen LogP contribution in [-0.4, -0.2) is 11.7 Å². The van der Waals surface area contributed by atoms with Crippen LogP contribution in [0, 0.1) is 12.7 Å². The summed E-state index contributed by atoms with van der Waals surface area (Å²) in [4.78, 5) is 0. The molecule has 0 saturated carbocycles. The van der Waals surface area contributed by atoms with E-state index >= 15 is 0 Å². The number of aliphatic hydroxyl groups is 1. The highest BCUT2D eigenvalue weighted by Gasteiger charge is 2.15. The van der Waals surface area contributed by atoms with Gasteiger partial charge in [-0.3, -0.25) is 0 Å². The summed E-state index contributed by atoms with van der Waals surface area (Å²) >= 11 is 0. The molecule has 2 N–H and O–H groups in total. The second-order valence-electron chi connectivity index (χ2n) is 5.61. The van der Waals surface area contributed by atoms with E-state index in [0.717, 1.165) is 11.1 Å². The quantitative estimate of drug-likeness (QED) is 0.799. The molecule has 6 heteroatoms. The Labute approximate surface area is 139 Å². The fraction of sp³-hybridized carbons (Fsp3) is 0.333. The third-order valence-electron chi connectivity index (χ3n) is 3.74. The molecule has 0 heterocycles. The van der Waals surface area contributed by atoms with Gasteiger partial charge in [0.1, 0.15) is 11.6 Å². The molecular formula is C18H20F3NO2. The van der Waals surface area contributed by atoms with Gasteiger partial charge in [-0.2, -0.15) is 8.78 Å². The molecule has 0 amide bonds. The second-order valence-corrected chi connectivity index (χ2v) is 5.61. The number of alkyl halides is 2. The van der Waals surface area contributed by atoms with E-state index < -0.39 is 12.4 Å². The first-order valence-corrected chi connectivity index (χ1v) is 7.57. The average Bonchev–Trinajstić information content (AvgIpc) is 2.55. The summed E-state index contributed by atoms with van der Waals surface area (Å²) in [6, 6.07) is 9.26. The Morgan fingerprint density at radius 2 is 1.92 bits per heavy atom. The highest BCUT2D eigenvalue weighted by molar-refractivity contribution is 5.39. The lowest BCUT2D eigenvalue weighted by Crippen LogP contribution is -2.19. The van der Waals surface area contributed by atoms with Crippen molar-refractivity contribution in [3.63, 3.8) is 0 Å². The Bertz CT molecular complexity index is 692. The summed E-state index contributed by atoms with van der Waals surface area (Å²) in [6.45, 7) is 0.845. The lowest BCUT2D eigenvalue weighted by Gasteiger charge is -2.19. The van der Waals surface area contributed by atoms with Crippen molar-refractivity contribution in [3.8, 4) is 5.75 Å². The van der Waals surface area contributed by atoms with Crippen LogP contribution in [0.15, 0.2) is 36.4 Å². The minimum atomic E-state index is -2.89. The monoisotopic (exact) mass is 339 g/mol.